The Balaban J connectivity index is 1.69. The predicted molar refractivity (Wildman–Crippen MR) is 123 cm³/mol. The van der Waals surface area contributed by atoms with Crippen LogP contribution in [0.25, 0.3) is 0 Å². The van der Waals surface area contributed by atoms with Crippen LogP contribution in [0, 0.1) is 0 Å². The number of hydrogen-bond donors (Lipinski definition) is 1. The van der Waals surface area contributed by atoms with Crippen molar-refractivity contribution in [3.05, 3.63) is 94.7 Å². The first-order valence-corrected chi connectivity index (χ1v) is 11.5. The Morgan fingerprint density at radius 1 is 1.12 bits per heavy atom. The van der Waals surface area contributed by atoms with Crippen molar-refractivity contribution >= 4 is 29.6 Å². The van der Waals surface area contributed by atoms with E-state index in [0.29, 0.717) is 16.9 Å². The highest BCUT2D eigenvalue weighted by molar-refractivity contribution is 8.00. The van der Waals surface area contributed by atoms with Gasteiger partial charge < -0.3 is 14.6 Å². The molecule has 1 saturated heterocycles. The molecule has 7 nitrogen and oxygen atoms in total. The van der Waals surface area contributed by atoms with E-state index in [1.807, 2.05) is 60.7 Å². The van der Waals surface area contributed by atoms with Crippen molar-refractivity contribution in [2.45, 2.75) is 18.4 Å². The van der Waals surface area contributed by atoms with Crippen LogP contribution in [0.4, 0.5) is 0 Å². The number of nitrogens with zero attached hydrogens (tertiary/aromatic N) is 1. The number of amides is 1. The number of rotatable bonds is 7. The van der Waals surface area contributed by atoms with Crippen LogP contribution in [0.1, 0.15) is 24.2 Å². The molecule has 0 aliphatic carbocycles. The van der Waals surface area contributed by atoms with E-state index in [1.54, 1.807) is 0 Å². The first-order chi connectivity index (χ1) is 16.0. The number of thioether (sulfide) groups is 1. The fourth-order valence-corrected chi connectivity index (χ4v) is 5.11. The number of β-lactam (4-membered cyclic amide) rings is 1. The summed E-state index contributed by atoms with van der Waals surface area (Å²) in [6.07, 6.45) is 0.770. The minimum Gasteiger partial charge on any atom is -0.461 e. The number of benzene rings is 2. The third-order valence-corrected chi connectivity index (χ3v) is 6.64. The number of carbonyl (C=O) groups is 3. The molecule has 2 aliphatic rings. The second-order valence-electron chi connectivity index (χ2n) is 7.52. The van der Waals surface area contributed by atoms with Gasteiger partial charge in [0.2, 0.25) is 0 Å². The molecule has 0 aromatic heterocycles. The quantitative estimate of drug-likeness (QED) is 0.382. The minimum absolute atomic E-state index is 0.0944. The molecule has 170 valence electrons. The van der Waals surface area contributed by atoms with Crippen molar-refractivity contribution in [1.82, 2.24) is 4.90 Å². The van der Waals surface area contributed by atoms with E-state index in [1.165, 1.54) is 29.7 Å². The summed E-state index contributed by atoms with van der Waals surface area (Å²) in [5.74, 6) is -1.14. The van der Waals surface area contributed by atoms with Crippen LogP contribution in [-0.2, 0) is 23.9 Å². The Kier molecular flexibility index (Phi) is 6.96. The molecule has 1 amide bonds. The number of esters is 2. The lowest BCUT2D eigenvalue weighted by molar-refractivity contribution is -0.149. The van der Waals surface area contributed by atoms with Gasteiger partial charge in [-0.3, -0.25) is 14.5 Å². The number of ether oxygens (including phenoxy) is 2. The van der Waals surface area contributed by atoms with E-state index in [2.05, 4.69) is 0 Å². The van der Waals surface area contributed by atoms with Gasteiger partial charge >= 0.3 is 11.9 Å². The van der Waals surface area contributed by atoms with Crippen molar-refractivity contribution in [2.75, 3.05) is 19.0 Å². The third kappa shape index (κ3) is 4.72. The average molecular weight is 466 g/mol. The minimum atomic E-state index is -0.681. The summed E-state index contributed by atoms with van der Waals surface area (Å²) in [6.45, 7) is 0.915. The molecule has 0 spiro atoms. The Bertz CT molecular complexity index is 1070. The van der Waals surface area contributed by atoms with Gasteiger partial charge in [-0.25, -0.2) is 4.79 Å². The van der Waals surface area contributed by atoms with E-state index < -0.39 is 18.0 Å². The number of fused-ring (bicyclic) bond motifs is 1. The maximum absolute atomic E-state index is 13.5. The zero-order valence-corrected chi connectivity index (χ0v) is 18.8. The van der Waals surface area contributed by atoms with Gasteiger partial charge in [-0.2, -0.15) is 0 Å². The zero-order chi connectivity index (χ0) is 23.4. The fraction of sp³-hybridized carbons (Fsp3) is 0.240. The molecule has 4 rings (SSSR count). The highest BCUT2D eigenvalue weighted by Crippen LogP contribution is 2.44. The van der Waals surface area contributed by atoms with Crippen molar-refractivity contribution in [3.63, 3.8) is 0 Å². The van der Waals surface area contributed by atoms with Gasteiger partial charge in [0.05, 0.1) is 6.61 Å². The lowest BCUT2D eigenvalue weighted by Crippen LogP contribution is -2.56. The maximum atomic E-state index is 13.5. The highest BCUT2D eigenvalue weighted by Gasteiger charge is 2.50. The predicted octanol–water partition coefficient (Wildman–Crippen LogP) is 2.97. The van der Waals surface area contributed by atoms with E-state index in [9.17, 15) is 19.5 Å². The second kappa shape index (κ2) is 10.1. The van der Waals surface area contributed by atoms with Gasteiger partial charge in [-0.1, -0.05) is 60.7 Å². The average Bonchev–Trinajstić information content (AvgIpc) is 2.84. The van der Waals surface area contributed by atoms with Crippen LogP contribution in [0.3, 0.4) is 0 Å². The normalized spacial score (nSPS) is 18.8. The summed E-state index contributed by atoms with van der Waals surface area (Å²) >= 11 is 1.43. The number of hydrogen-bond acceptors (Lipinski definition) is 7. The molecule has 1 atom stereocenters. The molecule has 0 bridgehead atoms. The highest BCUT2D eigenvalue weighted by atomic mass is 32.2. The molecule has 2 heterocycles. The van der Waals surface area contributed by atoms with Crippen LogP contribution >= 0.6 is 11.8 Å². The molecular weight excluding hydrogens is 442 g/mol. The van der Waals surface area contributed by atoms with Crippen LogP contribution in [0.2, 0.25) is 0 Å². The van der Waals surface area contributed by atoms with Crippen LogP contribution < -0.4 is 0 Å². The molecule has 2 aromatic carbocycles. The van der Waals surface area contributed by atoms with Crippen molar-refractivity contribution < 1.29 is 29.0 Å². The molecule has 8 heteroatoms. The Morgan fingerprint density at radius 2 is 1.73 bits per heavy atom. The van der Waals surface area contributed by atoms with E-state index in [-0.39, 0.29) is 30.2 Å². The molecule has 33 heavy (non-hydrogen) atoms. The first kappa shape index (κ1) is 22.8. The number of carbonyl (C=O) groups excluding carboxylic acids is 3. The number of aliphatic hydroxyl groups excluding tert-OH is 1. The van der Waals surface area contributed by atoms with Crippen LogP contribution in [-0.4, -0.2) is 52.2 Å². The SMILES string of the molecule is CC(=O)OCC1=C(C(=O)OC(c2ccccc2)c2ccccc2)N2C(=O)/C(=C/CO)C2SC1. The van der Waals surface area contributed by atoms with Crippen LogP contribution in [0.5, 0.6) is 0 Å². The smallest absolute Gasteiger partial charge is 0.356 e. The summed E-state index contributed by atoms with van der Waals surface area (Å²) in [6, 6.07) is 18.7. The molecule has 2 aromatic rings. The maximum Gasteiger partial charge on any atom is 0.356 e. The zero-order valence-electron chi connectivity index (χ0n) is 18.0. The lowest BCUT2D eigenvalue weighted by Gasteiger charge is -2.46. The van der Waals surface area contributed by atoms with Crippen molar-refractivity contribution in [2.24, 2.45) is 0 Å². The molecule has 2 aliphatic heterocycles. The van der Waals surface area contributed by atoms with Gasteiger partial charge in [0.15, 0.2) is 6.10 Å². The third-order valence-electron chi connectivity index (χ3n) is 5.34. The van der Waals surface area contributed by atoms with Gasteiger partial charge in [0.1, 0.15) is 17.7 Å². The van der Waals surface area contributed by atoms with Crippen molar-refractivity contribution in [1.29, 1.82) is 0 Å². The summed E-state index contributed by atoms with van der Waals surface area (Å²) in [5, 5.41) is 8.85. The molecular formula is C25H23NO6S. The topological polar surface area (TPSA) is 93.1 Å². The summed E-state index contributed by atoms with van der Waals surface area (Å²) in [7, 11) is 0. The second-order valence-corrected chi connectivity index (χ2v) is 8.59. The Morgan fingerprint density at radius 3 is 2.27 bits per heavy atom. The molecule has 1 fully saturated rings. The molecule has 1 N–H and O–H groups in total. The molecule has 0 saturated carbocycles. The first-order valence-electron chi connectivity index (χ1n) is 10.4. The van der Waals surface area contributed by atoms with Crippen molar-refractivity contribution in [3.8, 4) is 0 Å². The van der Waals surface area contributed by atoms with Crippen LogP contribution in [0.15, 0.2) is 83.6 Å². The summed E-state index contributed by atoms with van der Waals surface area (Å²) in [5.41, 5.74) is 2.63. The molecule has 0 radical (unpaired) electrons. The molecule has 1 unspecified atom stereocenters. The fourth-order valence-electron chi connectivity index (χ4n) is 3.80. The van der Waals surface area contributed by atoms with Gasteiger partial charge in [-0.15, -0.1) is 11.8 Å². The Labute approximate surface area is 195 Å². The summed E-state index contributed by atoms with van der Waals surface area (Å²) in [4.78, 5) is 39.1. The number of aliphatic hydroxyl groups is 1. The van der Waals surface area contributed by atoms with E-state index in [0.717, 1.165) is 11.1 Å². The summed E-state index contributed by atoms with van der Waals surface area (Å²) < 4.78 is 11.1. The largest absolute Gasteiger partial charge is 0.461 e. The lowest BCUT2D eigenvalue weighted by atomic mass is 10.0. The van der Waals surface area contributed by atoms with E-state index in [4.69, 9.17) is 9.47 Å². The van der Waals surface area contributed by atoms with Gasteiger partial charge in [0, 0.05) is 23.8 Å². The van der Waals surface area contributed by atoms with E-state index >= 15 is 0 Å². The monoisotopic (exact) mass is 465 g/mol. The van der Waals surface area contributed by atoms with Gasteiger partial charge in [0.25, 0.3) is 5.91 Å². The Hall–Kier alpha value is -3.36. The standard InChI is InChI=1S/C25H23NO6S/c1-16(28)31-14-19-15-33-24-20(12-13-27)23(29)26(24)21(19)25(30)32-22(17-8-4-2-5-9-17)18-10-6-3-7-11-18/h2-12,22,24,27H,13-15H2,1H3/b20-12-. The van der Waals surface area contributed by atoms with Gasteiger partial charge in [-0.05, 0) is 17.2 Å².